The highest BCUT2D eigenvalue weighted by molar-refractivity contribution is 6.36. The Hall–Kier alpha value is -2.08. The molecule has 168 valence electrons. The molecule has 32 heavy (non-hydrogen) atoms. The minimum atomic E-state index is -0.0956. The van der Waals surface area contributed by atoms with Crippen molar-refractivity contribution >= 4 is 35.0 Å². The molecule has 0 aromatic heterocycles. The average molecular weight is 472 g/mol. The lowest BCUT2D eigenvalue weighted by Gasteiger charge is -2.43. The van der Waals surface area contributed by atoms with Crippen LogP contribution in [0.5, 0.6) is 0 Å². The van der Waals surface area contributed by atoms with E-state index in [1.54, 1.807) is 23.1 Å². The molecule has 1 saturated carbocycles. The van der Waals surface area contributed by atoms with Crippen LogP contribution in [0.1, 0.15) is 51.1 Å². The van der Waals surface area contributed by atoms with Gasteiger partial charge in [-0.2, -0.15) is 0 Å². The Bertz CT molecular complexity index is 1050. The van der Waals surface area contributed by atoms with Crippen molar-refractivity contribution in [1.29, 1.82) is 0 Å². The molecule has 2 amide bonds. The second-order valence-electron chi connectivity index (χ2n) is 9.00. The van der Waals surface area contributed by atoms with E-state index in [1.807, 2.05) is 23.1 Å². The van der Waals surface area contributed by atoms with Gasteiger partial charge in [0.1, 0.15) is 0 Å². The third-order valence-electron chi connectivity index (χ3n) is 7.11. The number of halogens is 2. The maximum absolute atomic E-state index is 13.1. The smallest absolute Gasteiger partial charge is 0.255 e. The van der Waals surface area contributed by atoms with E-state index in [-0.39, 0.29) is 11.8 Å². The number of nitrogens with zero attached hydrogens (tertiary/aromatic N) is 3. The first kappa shape index (κ1) is 21.7. The van der Waals surface area contributed by atoms with Gasteiger partial charge in [-0.3, -0.25) is 14.5 Å². The number of fused-ring (bicyclic) bond motifs is 1. The summed E-state index contributed by atoms with van der Waals surface area (Å²) in [6, 6.07) is 11.6. The Morgan fingerprint density at radius 2 is 1.59 bits per heavy atom. The Labute approximate surface area is 198 Å². The number of hydrogen-bond acceptors (Lipinski definition) is 3. The minimum Gasteiger partial charge on any atom is -0.336 e. The van der Waals surface area contributed by atoms with Gasteiger partial charge in [-0.1, -0.05) is 35.7 Å². The second kappa shape index (κ2) is 9.05. The molecule has 2 aromatic carbocycles. The lowest BCUT2D eigenvalue weighted by Crippen LogP contribution is -2.53. The van der Waals surface area contributed by atoms with Crippen LogP contribution >= 0.6 is 23.2 Å². The van der Waals surface area contributed by atoms with Crippen molar-refractivity contribution in [3.8, 4) is 0 Å². The van der Waals surface area contributed by atoms with E-state index in [9.17, 15) is 9.59 Å². The summed E-state index contributed by atoms with van der Waals surface area (Å²) >= 11 is 12.2. The van der Waals surface area contributed by atoms with Crippen LogP contribution in [0, 0.1) is 0 Å². The van der Waals surface area contributed by atoms with Gasteiger partial charge in [0.25, 0.3) is 11.8 Å². The summed E-state index contributed by atoms with van der Waals surface area (Å²) in [5, 5.41) is 0.879. The predicted octanol–water partition coefficient (Wildman–Crippen LogP) is 4.50. The summed E-state index contributed by atoms with van der Waals surface area (Å²) in [6.45, 7) is 4.68. The normalized spacial score (nSPS) is 19.4. The fourth-order valence-corrected chi connectivity index (χ4v) is 5.41. The maximum atomic E-state index is 13.1. The SMILES string of the molecule is O=C(c1ccc2c(c1)CCN(C(=O)c1ccc(Cl)cc1Cl)C2)N1CCN(C2CCC2)CC1. The first-order valence-electron chi connectivity index (χ1n) is 11.4. The molecule has 0 radical (unpaired) electrons. The van der Waals surface area contributed by atoms with Crippen molar-refractivity contribution in [2.45, 2.75) is 38.3 Å². The first-order valence-corrected chi connectivity index (χ1v) is 12.1. The average Bonchev–Trinajstić information content (AvgIpc) is 2.77. The summed E-state index contributed by atoms with van der Waals surface area (Å²) in [6.07, 6.45) is 4.68. The maximum Gasteiger partial charge on any atom is 0.255 e. The number of amides is 2. The molecule has 0 unspecified atom stereocenters. The van der Waals surface area contributed by atoms with Crippen molar-refractivity contribution in [3.05, 3.63) is 68.7 Å². The fourth-order valence-electron chi connectivity index (χ4n) is 4.92. The van der Waals surface area contributed by atoms with Crippen LogP contribution < -0.4 is 0 Å². The number of carbonyl (C=O) groups excluding carboxylic acids is 2. The van der Waals surface area contributed by atoms with E-state index >= 15 is 0 Å². The third-order valence-corrected chi connectivity index (χ3v) is 7.65. The number of benzene rings is 2. The Kier molecular flexibility index (Phi) is 6.15. The molecule has 1 aliphatic carbocycles. The van der Waals surface area contributed by atoms with E-state index < -0.39 is 0 Å². The standard InChI is InChI=1S/C25H27Cl2N3O2/c26-20-6-7-22(23(27)15-20)25(32)30-9-8-17-14-18(4-5-19(17)16-30)24(31)29-12-10-28(11-13-29)21-2-1-3-21/h4-7,14-15,21H,1-3,8-13,16H2. The van der Waals surface area contributed by atoms with E-state index in [0.29, 0.717) is 28.7 Å². The zero-order chi connectivity index (χ0) is 22.2. The highest BCUT2D eigenvalue weighted by atomic mass is 35.5. The van der Waals surface area contributed by atoms with Gasteiger partial charge >= 0.3 is 0 Å². The third kappa shape index (κ3) is 4.26. The molecule has 0 bridgehead atoms. The van der Waals surface area contributed by atoms with Crippen LogP contribution in [-0.4, -0.2) is 65.3 Å². The summed E-state index contributed by atoms with van der Waals surface area (Å²) in [5.41, 5.74) is 3.45. The fraction of sp³-hybridized carbons (Fsp3) is 0.440. The molecular formula is C25H27Cl2N3O2. The van der Waals surface area contributed by atoms with Gasteiger partial charge in [0, 0.05) is 55.9 Å². The highest BCUT2D eigenvalue weighted by Gasteiger charge is 2.30. The molecule has 3 aliphatic rings. The molecular weight excluding hydrogens is 445 g/mol. The van der Waals surface area contributed by atoms with Gasteiger partial charge in [-0.15, -0.1) is 0 Å². The summed E-state index contributed by atoms with van der Waals surface area (Å²) in [4.78, 5) is 32.4. The van der Waals surface area contributed by atoms with E-state index in [0.717, 1.165) is 55.3 Å². The van der Waals surface area contributed by atoms with Crippen LogP contribution in [0.4, 0.5) is 0 Å². The summed E-state index contributed by atoms with van der Waals surface area (Å²) < 4.78 is 0. The van der Waals surface area contributed by atoms with Gasteiger partial charge in [-0.25, -0.2) is 0 Å². The van der Waals surface area contributed by atoms with Gasteiger partial charge in [0.2, 0.25) is 0 Å². The quantitative estimate of drug-likeness (QED) is 0.661. The molecule has 2 fully saturated rings. The van der Waals surface area contributed by atoms with Crippen LogP contribution in [0.3, 0.4) is 0 Å². The zero-order valence-corrected chi connectivity index (χ0v) is 19.5. The van der Waals surface area contributed by atoms with Crippen molar-refractivity contribution in [1.82, 2.24) is 14.7 Å². The van der Waals surface area contributed by atoms with E-state index in [2.05, 4.69) is 4.90 Å². The minimum absolute atomic E-state index is 0.0956. The molecule has 2 aliphatic heterocycles. The molecule has 7 heteroatoms. The molecule has 5 rings (SSSR count). The van der Waals surface area contributed by atoms with Crippen molar-refractivity contribution in [3.63, 3.8) is 0 Å². The first-order chi connectivity index (χ1) is 15.5. The molecule has 2 aromatic rings. The number of piperazine rings is 1. The zero-order valence-electron chi connectivity index (χ0n) is 18.0. The Morgan fingerprint density at radius 3 is 2.28 bits per heavy atom. The van der Waals surface area contributed by atoms with Crippen LogP contribution in [0.2, 0.25) is 10.0 Å². The summed E-state index contributed by atoms with van der Waals surface area (Å²) in [5.74, 6) is 0.0225. The van der Waals surface area contributed by atoms with Crippen molar-refractivity contribution < 1.29 is 9.59 Å². The predicted molar refractivity (Wildman–Crippen MR) is 126 cm³/mol. The molecule has 2 heterocycles. The molecule has 0 N–H and O–H groups in total. The number of hydrogen-bond donors (Lipinski definition) is 0. The van der Waals surface area contributed by atoms with Gasteiger partial charge in [-0.05, 0) is 60.7 Å². The number of carbonyl (C=O) groups is 2. The highest BCUT2D eigenvalue weighted by Crippen LogP contribution is 2.28. The van der Waals surface area contributed by atoms with Gasteiger partial charge in [0.05, 0.1) is 10.6 Å². The lowest BCUT2D eigenvalue weighted by molar-refractivity contribution is 0.0455. The topological polar surface area (TPSA) is 43.9 Å². The lowest BCUT2D eigenvalue weighted by atomic mass is 9.91. The Morgan fingerprint density at radius 1 is 0.812 bits per heavy atom. The molecule has 0 atom stereocenters. The monoisotopic (exact) mass is 471 g/mol. The Balaban J connectivity index is 1.24. The van der Waals surface area contributed by atoms with E-state index in [4.69, 9.17) is 23.2 Å². The van der Waals surface area contributed by atoms with Gasteiger partial charge in [0.15, 0.2) is 0 Å². The molecule has 1 saturated heterocycles. The van der Waals surface area contributed by atoms with E-state index in [1.165, 1.54) is 19.3 Å². The molecule has 5 nitrogen and oxygen atoms in total. The molecule has 0 spiro atoms. The van der Waals surface area contributed by atoms with Crippen LogP contribution in [0.15, 0.2) is 36.4 Å². The van der Waals surface area contributed by atoms with Crippen LogP contribution in [0.25, 0.3) is 0 Å². The summed E-state index contributed by atoms with van der Waals surface area (Å²) in [7, 11) is 0. The van der Waals surface area contributed by atoms with Crippen LogP contribution in [-0.2, 0) is 13.0 Å². The number of rotatable bonds is 3. The van der Waals surface area contributed by atoms with Crippen molar-refractivity contribution in [2.24, 2.45) is 0 Å². The van der Waals surface area contributed by atoms with Crippen molar-refractivity contribution in [2.75, 3.05) is 32.7 Å². The largest absolute Gasteiger partial charge is 0.336 e. The van der Waals surface area contributed by atoms with Gasteiger partial charge < -0.3 is 9.80 Å². The second-order valence-corrected chi connectivity index (χ2v) is 9.84.